The van der Waals surface area contributed by atoms with E-state index in [1.54, 1.807) is 13.3 Å². The summed E-state index contributed by atoms with van der Waals surface area (Å²) in [5.41, 5.74) is 0.839. The number of pyridine rings is 1. The molecule has 0 atom stereocenters. The van der Waals surface area contributed by atoms with Gasteiger partial charge in [0.15, 0.2) is 0 Å². The zero-order valence-electron chi connectivity index (χ0n) is 18.8. The Balaban J connectivity index is 1.77. The lowest BCUT2D eigenvalue weighted by Gasteiger charge is -2.28. The number of amides is 2. The molecule has 0 saturated carbocycles. The minimum atomic E-state index is -0.258. The molecule has 1 aromatic heterocycles. The highest BCUT2D eigenvalue weighted by molar-refractivity contribution is 5.75. The molecule has 0 aliphatic rings. The Kier molecular flexibility index (Phi) is 9.45. The van der Waals surface area contributed by atoms with E-state index in [9.17, 15) is 4.79 Å². The lowest BCUT2D eigenvalue weighted by atomic mass is 10.1. The summed E-state index contributed by atoms with van der Waals surface area (Å²) in [7, 11) is 1.66. The molecule has 30 heavy (non-hydrogen) atoms. The van der Waals surface area contributed by atoms with Gasteiger partial charge in [0, 0.05) is 31.4 Å². The molecule has 1 aromatic carbocycles. The fraction of sp³-hybridized carbons (Fsp3) is 0.500. The Morgan fingerprint density at radius 3 is 2.40 bits per heavy atom. The highest BCUT2D eigenvalue weighted by atomic mass is 16.5. The minimum Gasteiger partial charge on any atom is -0.497 e. The maximum atomic E-state index is 12.8. The van der Waals surface area contributed by atoms with Crippen molar-refractivity contribution in [3.63, 3.8) is 0 Å². The highest BCUT2D eigenvalue weighted by Gasteiger charge is 2.19. The average molecular weight is 413 g/mol. The van der Waals surface area contributed by atoms with Crippen LogP contribution >= 0.6 is 0 Å². The molecule has 0 unspecified atom stereocenters. The van der Waals surface area contributed by atoms with Crippen molar-refractivity contribution >= 4 is 11.8 Å². The van der Waals surface area contributed by atoms with Gasteiger partial charge in [0.25, 0.3) is 0 Å². The first-order valence-electron chi connectivity index (χ1n) is 10.7. The lowest BCUT2D eigenvalue weighted by molar-refractivity contribution is 0.184. The summed E-state index contributed by atoms with van der Waals surface area (Å²) in [5, 5.41) is 6.42. The fourth-order valence-corrected chi connectivity index (χ4v) is 3.07. The van der Waals surface area contributed by atoms with Crippen LogP contribution in [-0.2, 0) is 6.54 Å². The molecular formula is C24H36N4O2. The molecule has 0 fully saturated rings. The van der Waals surface area contributed by atoms with Gasteiger partial charge in [0.1, 0.15) is 11.6 Å². The Hall–Kier alpha value is -2.76. The molecule has 6 heteroatoms. The van der Waals surface area contributed by atoms with E-state index in [0.717, 1.165) is 55.9 Å². The number of aromatic nitrogens is 1. The molecule has 2 amide bonds. The van der Waals surface area contributed by atoms with Gasteiger partial charge in [-0.15, -0.1) is 0 Å². The fourth-order valence-electron chi connectivity index (χ4n) is 3.07. The van der Waals surface area contributed by atoms with Crippen molar-refractivity contribution in [3.8, 4) is 5.75 Å². The summed E-state index contributed by atoms with van der Waals surface area (Å²) < 4.78 is 5.23. The molecule has 6 nitrogen and oxygen atoms in total. The van der Waals surface area contributed by atoms with Crippen LogP contribution in [0.5, 0.6) is 5.75 Å². The molecule has 2 N–H and O–H groups in total. The van der Waals surface area contributed by atoms with E-state index in [2.05, 4.69) is 15.6 Å². The first-order valence-corrected chi connectivity index (χ1v) is 10.7. The zero-order valence-corrected chi connectivity index (χ0v) is 18.8. The van der Waals surface area contributed by atoms with Crippen molar-refractivity contribution in [2.75, 3.05) is 25.5 Å². The molecule has 0 radical (unpaired) electrons. The van der Waals surface area contributed by atoms with Crippen molar-refractivity contribution in [1.82, 2.24) is 15.2 Å². The van der Waals surface area contributed by atoms with Gasteiger partial charge >= 0.3 is 6.03 Å². The number of hydrogen-bond acceptors (Lipinski definition) is 4. The predicted molar refractivity (Wildman–Crippen MR) is 123 cm³/mol. The van der Waals surface area contributed by atoms with Gasteiger partial charge in [-0.25, -0.2) is 9.78 Å². The smallest absolute Gasteiger partial charge is 0.318 e. The number of carbonyl (C=O) groups is 1. The third-order valence-electron chi connectivity index (χ3n) is 4.63. The van der Waals surface area contributed by atoms with Gasteiger partial charge < -0.3 is 20.3 Å². The van der Waals surface area contributed by atoms with E-state index in [1.807, 2.05) is 68.1 Å². The molecule has 0 aliphatic carbocycles. The van der Waals surface area contributed by atoms with Crippen LogP contribution in [0.3, 0.4) is 0 Å². The number of hydrogen-bond donors (Lipinski definition) is 2. The standard InChI is InChI=1S/C24H36N4O2/c1-24(2,3)27-23(29)28(19-20-12-14-21(30-4)15-13-20)18-10-6-5-8-16-25-22-11-7-9-17-26-22/h7,9,11-15,17H,5-6,8,10,16,18-19H2,1-4H3,(H,25,26)(H,27,29). The number of methoxy groups -OCH3 is 1. The summed E-state index contributed by atoms with van der Waals surface area (Å²) in [4.78, 5) is 18.9. The molecule has 0 aliphatic heterocycles. The molecule has 2 aromatic rings. The van der Waals surface area contributed by atoms with E-state index < -0.39 is 0 Å². The number of urea groups is 1. The monoisotopic (exact) mass is 412 g/mol. The Bertz CT molecular complexity index is 742. The highest BCUT2D eigenvalue weighted by Crippen LogP contribution is 2.15. The molecule has 0 bridgehead atoms. The third-order valence-corrected chi connectivity index (χ3v) is 4.63. The molecule has 0 spiro atoms. The summed E-state index contributed by atoms with van der Waals surface area (Å²) >= 11 is 0. The molecular weight excluding hydrogens is 376 g/mol. The molecule has 0 saturated heterocycles. The number of anilines is 1. The average Bonchev–Trinajstić information content (AvgIpc) is 2.72. The SMILES string of the molecule is COc1ccc(CN(CCCCCCNc2ccccn2)C(=O)NC(C)(C)C)cc1. The first kappa shape index (κ1) is 23.5. The number of carbonyl (C=O) groups excluding carboxylic acids is 1. The third kappa shape index (κ3) is 9.16. The van der Waals surface area contributed by atoms with Crippen molar-refractivity contribution in [2.45, 2.75) is 58.5 Å². The number of nitrogens with one attached hydrogen (secondary N) is 2. The zero-order chi connectivity index (χ0) is 21.8. The maximum absolute atomic E-state index is 12.8. The van der Waals surface area contributed by atoms with E-state index in [1.165, 1.54) is 0 Å². The van der Waals surface area contributed by atoms with Crippen LogP contribution in [0.4, 0.5) is 10.6 Å². The predicted octanol–water partition coefficient (Wildman–Crippen LogP) is 5.07. The summed E-state index contributed by atoms with van der Waals surface area (Å²) in [6.07, 6.45) is 6.08. The van der Waals surface area contributed by atoms with E-state index in [4.69, 9.17) is 4.74 Å². The first-order chi connectivity index (χ1) is 14.4. The second-order valence-corrected chi connectivity index (χ2v) is 8.51. The summed E-state index contributed by atoms with van der Waals surface area (Å²) in [6.45, 7) is 8.26. The van der Waals surface area contributed by atoms with Crippen molar-refractivity contribution < 1.29 is 9.53 Å². The summed E-state index contributed by atoms with van der Waals surface area (Å²) in [6, 6.07) is 13.8. The lowest BCUT2D eigenvalue weighted by Crippen LogP contribution is -2.48. The number of rotatable bonds is 11. The molecule has 164 valence electrons. The topological polar surface area (TPSA) is 66.5 Å². The Morgan fingerprint density at radius 1 is 1.03 bits per heavy atom. The minimum absolute atomic E-state index is 0.0184. The van der Waals surface area contributed by atoms with Gasteiger partial charge in [-0.2, -0.15) is 0 Å². The molecule has 1 heterocycles. The van der Waals surface area contributed by atoms with Gasteiger partial charge in [0.05, 0.1) is 7.11 Å². The Labute approximate surface area is 181 Å². The molecule has 2 rings (SSSR count). The van der Waals surface area contributed by atoms with Crippen LogP contribution in [0.15, 0.2) is 48.7 Å². The maximum Gasteiger partial charge on any atom is 0.318 e. The van der Waals surface area contributed by atoms with Crippen LogP contribution in [0.2, 0.25) is 0 Å². The Morgan fingerprint density at radius 2 is 1.77 bits per heavy atom. The van der Waals surface area contributed by atoms with Crippen LogP contribution in [0, 0.1) is 0 Å². The quantitative estimate of drug-likeness (QED) is 0.506. The van der Waals surface area contributed by atoms with Gasteiger partial charge in [0.2, 0.25) is 0 Å². The largest absolute Gasteiger partial charge is 0.497 e. The van der Waals surface area contributed by atoms with Gasteiger partial charge in [-0.3, -0.25) is 0 Å². The van der Waals surface area contributed by atoms with Crippen molar-refractivity contribution in [2.24, 2.45) is 0 Å². The van der Waals surface area contributed by atoms with E-state index in [-0.39, 0.29) is 11.6 Å². The van der Waals surface area contributed by atoms with E-state index in [0.29, 0.717) is 6.54 Å². The number of ether oxygens (including phenoxy) is 1. The number of benzene rings is 1. The van der Waals surface area contributed by atoms with Gasteiger partial charge in [-0.05, 0) is 63.4 Å². The van der Waals surface area contributed by atoms with Crippen LogP contribution in [-0.4, -0.2) is 41.7 Å². The van der Waals surface area contributed by atoms with Crippen molar-refractivity contribution in [1.29, 1.82) is 0 Å². The normalized spacial score (nSPS) is 11.1. The van der Waals surface area contributed by atoms with Gasteiger partial charge in [-0.1, -0.05) is 31.0 Å². The van der Waals surface area contributed by atoms with Crippen LogP contribution in [0.1, 0.15) is 52.0 Å². The van der Waals surface area contributed by atoms with Crippen LogP contribution < -0.4 is 15.4 Å². The number of nitrogens with zero attached hydrogens (tertiary/aromatic N) is 2. The second kappa shape index (κ2) is 12.1. The van der Waals surface area contributed by atoms with E-state index >= 15 is 0 Å². The second-order valence-electron chi connectivity index (χ2n) is 8.51. The van der Waals surface area contributed by atoms with Crippen LogP contribution in [0.25, 0.3) is 0 Å². The summed E-state index contributed by atoms with van der Waals surface area (Å²) in [5.74, 6) is 1.74. The van der Waals surface area contributed by atoms with Crippen molar-refractivity contribution in [3.05, 3.63) is 54.2 Å². The number of unbranched alkanes of at least 4 members (excludes halogenated alkanes) is 3.